The smallest absolute Gasteiger partial charge is 0.0522 e. The summed E-state index contributed by atoms with van der Waals surface area (Å²) in [6.45, 7) is 5.00. The molecule has 4 nitrogen and oxygen atoms in total. The summed E-state index contributed by atoms with van der Waals surface area (Å²) in [4.78, 5) is 0. The third-order valence-corrected chi connectivity index (χ3v) is 3.50. The molecule has 0 amide bonds. The number of hydrogen-bond donors (Lipinski definition) is 2. The molecular formula is C14H19ClN4. The number of aromatic nitrogens is 2. The Labute approximate surface area is 118 Å². The maximum Gasteiger partial charge on any atom is 0.0522 e. The minimum Gasteiger partial charge on any atom is -0.273 e. The molecule has 3 N–H and O–H groups in total. The molecule has 0 aliphatic carbocycles. The lowest BCUT2D eigenvalue weighted by Gasteiger charge is -2.18. The molecule has 0 aliphatic rings. The maximum absolute atomic E-state index is 6.06. The van der Waals surface area contributed by atoms with Gasteiger partial charge < -0.3 is 0 Å². The zero-order valence-electron chi connectivity index (χ0n) is 11.2. The SMILES string of the molecule is CCn1cc(CC(NN)c2cc(Cl)ccc2C)cn1. The molecule has 0 saturated carbocycles. The standard InChI is InChI=1S/C14H19ClN4/c1-3-19-9-11(8-17-19)6-14(18-16)13-7-12(15)5-4-10(13)2/h4-5,7-9,14,18H,3,6,16H2,1-2H3. The molecule has 1 aromatic heterocycles. The first-order chi connectivity index (χ1) is 9.13. The zero-order valence-corrected chi connectivity index (χ0v) is 12.0. The predicted molar refractivity (Wildman–Crippen MR) is 77.9 cm³/mol. The van der Waals surface area contributed by atoms with Gasteiger partial charge in [-0.3, -0.25) is 16.0 Å². The number of rotatable bonds is 5. The van der Waals surface area contributed by atoms with Crippen LogP contribution in [0.1, 0.15) is 29.7 Å². The molecule has 102 valence electrons. The Balaban J connectivity index is 2.22. The average molecular weight is 279 g/mol. The first-order valence-electron chi connectivity index (χ1n) is 6.37. The van der Waals surface area contributed by atoms with E-state index in [4.69, 9.17) is 17.4 Å². The van der Waals surface area contributed by atoms with Gasteiger partial charge in [0, 0.05) is 17.8 Å². The second-order valence-corrected chi connectivity index (χ2v) is 5.06. The Kier molecular flexibility index (Phi) is 4.58. The number of hydrazine groups is 1. The third kappa shape index (κ3) is 3.35. The summed E-state index contributed by atoms with van der Waals surface area (Å²) in [7, 11) is 0. The van der Waals surface area contributed by atoms with Crippen LogP contribution in [0.2, 0.25) is 5.02 Å². The number of nitrogens with one attached hydrogen (secondary N) is 1. The van der Waals surface area contributed by atoms with Gasteiger partial charge in [0.2, 0.25) is 0 Å². The van der Waals surface area contributed by atoms with Gasteiger partial charge in [-0.1, -0.05) is 17.7 Å². The van der Waals surface area contributed by atoms with Crippen molar-refractivity contribution in [2.24, 2.45) is 5.84 Å². The fraction of sp³-hybridized carbons (Fsp3) is 0.357. The Morgan fingerprint density at radius 3 is 2.89 bits per heavy atom. The highest BCUT2D eigenvalue weighted by Crippen LogP contribution is 2.24. The van der Waals surface area contributed by atoms with Gasteiger partial charge in [0.05, 0.1) is 12.2 Å². The van der Waals surface area contributed by atoms with Gasteiger partial charge in [-0.05, 0) is 49.1 Å². The van der Waals surface area contributed by atoms with Gasteiger partial charge >= 0.3 is 0 Å². The lowest BCUT2D eigenvalue weighted by Crippen LogP contribution is -2.30. The van der Waals surface area contributed by atoms with Gasteiger partial charge in [-0.2, -0.15) is 5.10 Å². The van der Waals surface area contributed by atoms with E-state index in [0.29, 0.717) is 0 Å². The molecule has 1 atom stereocenters. The highest BCUT2D eigenvalue weighted by Gasteiger charge is 2.14. The topological polar surface area (TPSA) is 55.9 Å². The summed E-state index contributed by atoms with van der Waals surface area (Å²) in [5, 5.41) is 5.00. The molecule has 1 aromatic carbocycles. The van der Waals surface area contributed by atoms with Crippen LogP contribution >= 0.6 is 11.6 Å². The van der Waals surface area contributed by atoms with Gasteiger partial charge in [-0.25, -0.2) is 0 Å². The summed E-state index contributed by atoms with van der Waals surface area (Å²) in [5.41, 5.74) is 6.32. The monoisotopic (exact) mass is 278 g/mol. The molecule has 2 aromatic rings. The van der Waals surface area contributed by atoms with Crippen molar-refractivity contribution in [2.75, 3.05) is 0 Å². The fourth-order valence-electron chi connectivity index (χ4n) is 2.17. The zero-order chi connectivity index (χ0) is 13.8. The van der Waals surface area contributed by atoms with Crippen LogP contribution in [0, 0.1) is 6.92 Å². The second kappa shape index (κ2) is 6.19. The molecule has 0 radical (unpaired) electrons. The van der Waals surface area contributed by atoms with E-state index in [9.17, 15) is 0 Å². The Hall–Kier alpha value is -1.36. The van der Waals surface area contributed by atoms with Crippen LogP contribution in [0.4, 0.5) is 0 Å². The van der Waals surface area contributed by atoms with Crippen molar-refractivity contribution in [3.63, 3.8) is 0 Å². The summed E-state index contributed by atoms with van der Waals surface area (Å²) in [5.74, 6) is 5.69. The second-order valence-electron chi connectivity index (χ2n) is 4.63. The molecule has 0 fully saturated rings. The van der Waals surface area contributed by atoms with Crippen LogP contribution in [0.25, 0.3) is 0 Å². The van der Waals surface area contributed by atoms with Crippen LogP contribution in [-0.4, -0.2) is 9.78 Å². The van der Waals surface area contributed by atoms with Crippen molar-refractivity contribution >= 4 is 11.6 Å². The Bertz CT molecular complexity index is 550. The number of halogens is 1. The minimum absolute atomic E-state index is 0.0354. The molecule has 1 heterocycles. The summed E-state index contributed by atoms with van der Waals surface area (Å²) in [6.07, 6.45) is 4.72. The molecule has 1 unspecified atom stereocenters. The van der Waals surface area contributed by atoms with Gasteiger partial charge in [0.15, 0.2) is 0 Å². The van der Waals surface area contributed by atoms with E-state index in [2.05, 4.69) is 24.4 Å². The minimum atomic E-state index is 0.0354. The van der Waals surface area contributed by atoms with Crippen molar-refractivity contribution in [1.29, 1.82) is 0 Å². The predicted octanol–water partition coefficient (Wildman–Crippen LogP) is 2.61. The van der Waals surface area contributed by atoms with E-state index in [1.807, 2.05) is 35.3 Å². The van der Waals surface area contributed by atoms with Crippen LogP contribution in [-0.2, 0) is 13.0 Å². The number of nitrogens with two attached hydrogens (primary N) is 1. The molecule has 0 bridgehead atoms. The molecule has 0 aliphatic heterocycles. The van der Waals surface area contributed by atoms with Crippen LogP contribution in [0.3, 0.4) is 0 Å². The molecule has 2 rings (SSSR count). The average Bonchev–Trinajstić information content (AvgIpc) is 2.87. The van der Waals surface area contributed by atoms with E-state index in [1.54, 1.807) is 0 Å². The van der Waals surface area contributed by atoms with Crippen molar-refractivity contribution in [1.82, 2.24) is 15.2 Å². The largest absolute Gasteiger partial charge is 0.273 e. The van der Waals surface area contributed by atoms with Crippen LogP contribution in [0.15, 0.2) is 30.6 Å². The lowest BCUT2D eigenvalue weighted by atomic mass is 9.97. The van der Waals surface area contributed by atoms with Gasteiger partial charge in [-0.15, -0.1) is 0 Å². The molecule has 0 spiro atoms. The van der Waals surface area contributed by atoms with Crippen molar-refractivity contribution < 1.29 is 0 Å². The highest BCUT2D eigenvalue weighted by molar-refractivity contribution is 6.30. The number of aryl methyl sites for hydroxylation is 2. The number of hydrogen-bond acceptors (Lipinski definition) is 3. The van der Waals surface area contributed by atoms with Crippen LogP contribution in [0.5, 0.6) is 0 Å². The van der Waals surface area contributed by atoms with E-state index in [-0.39, 0.29) is 6.04 Å². The Morgan fingerprint density at radius 1 is 1.47 bits per heavy atom. The number of nitrogens with zero attached hydrogens (tertiary/aromatic N) is 2. The summed E-state index contributed by atoms with van der Waals surface area (Å²) in [6, 6.07) is 5.90. The van der Waals surface area contributed by atoms with Crippen molar-refractivity contribution in [2.45, 2.75) is 32.9 Å². The third-order valence-electron chi connectivity index (χ3n) is 3.27. The highest BCUT2D eigenvalue weighted by atomic mass is 35.5. The molecule has 0 saturated heterocycles. The Morgan fingerprint density at radius 2 is 2.26 bits per heavy atom. The quantitative estimate of drug-likeness (QED) is 0.653. The van der Waals surface area contributed by atoms with Crippen molar-refractivity contribution in [3.05, 3.63) is 52.3 Å². The first-order valence-corrected chi connectivity index (χ1v) is 6.75. The summed E-state index contributed by atoms with van der Waals surface area (Å²) >= 11 is 6.06. The van der Waals surface area contributed by atoms with E-state index in [0.717, 1.165) is 29.1 Å². The molecular weight excluding hydrogens is 260 g/mol. The van der Waals surface area contributed by atoms with Gasteiger partial charge in [0.1, 0.15) is 0 Å². The van der Waals surface area contributed by atoms with E-state index < -0.39 is 0 Å². The normalized spacial score (nSPS) is 12.6. The van der Waals surface area contributed by atoms with Gasteiger partial charge in [0.25, 0.3) is 0 Å². The maximum atomic E-state index is 6.06. The van der Waals surface area contributed by atoms with E-state index in [1.165, 1.54) is 5.56 Å². The molecule has 5 heteroatoms. The van der Waals surface area contributed by atoms with E-state index >= 15 is 0 Å². The molecule has 19 heavy (non-hydrogen) atoms. The number of benzene rings is 1. The first kappa shape index (κ1) is 14.1. The lowest BCUT2D eigenvalue weighted by molar-refractivity contribution is 0.549. The van der Waals surface area contributed by atoms with Crippen molar-refractivity contribution in [3.8, 4) is 0 Å². The summed E-state index contributed by atoms with van der Waals surface area (Å²) < 4.78 is 1.91. The van der Waals surface area contributed by atoms with Crippen LogP contribution < -0.4 is 11.3 Å². The fourth-order valence-corrected chi connectivity index (χ4v) is 2.35.